The predicted molar refractivity (Wildman–Crippen MR) is 63.5 cm³/mol. The lowest BCUT2D eigenvalue weighted by molar-refractivity contribution is 0.309. The molecule has 0 N–H and O–H groups in total. The van der Waals surface area contributed by atoms with Crippen LogP contribution in [0.15, 0.2) is 29.2 Å². The molecule has 0 atom stereocenters. The average Bonchev–Trinajstić information content (AvgIpc) is 2.39. The molecule has 1 aliphatic rings. The molecule has 1 fully saturated rings. The highest BCUT2D eigenvalue weighted by Crippen LogP contribution is 2.24. The number of benzene rings is 1. The van der Waals surface area contributed by atoms with E-state index in [1.807, 2.05) is 0 Å². The number of hydrogen-bond donors (Lipinski definition) is 0. The number of piperidine rings is 1. The summed E-state index contributed by atoms with van der Waals surface area (Å²) in [6.45, 7) is 0.545. The van der Waals surface area contributed by atoms with Crippen molar-refractivity contribution in [2.24, 2.45) is 5.92 Å². The fraction of sp³-hybridized carbons (Fsp3) is 0.417. The maximum atomic E-state index is 13.5. The van der Waals surface area contributed by atoms with Crippen LogP contribution in [0.5, 0.6) is 0 Å². The summed E-state index contributed by atoms with van der Waals surface area (Å²) >= 11 is 0. The Bertz CT molecular complexity index is 572. The molecule has 0 aliphatic carbocycles. The van der Waals surface area contributed by atoms with Gasteiger partial charge in [-0.2, -0.15) is 9.57 Å². The Morgan fingerprint density at radius 1 is 1.28 bits per heavy atom. The monoisotopic (exact) mass is 268 g/mol. The van der Waals surface area contributed by atoms with Gasteiger partial charge in [0.25, 0.3) is 0 Å². The van der Waals surface area contributed by atoms with Gasteiger partial charge >= 0.3 is 0 Å². The lowest BCUT2D eigenvalue weighted by Crippen LogP contribution is -2.38. The van der Waals surface area contributed by atoms with Gasteiger partial charge in [0.05, 0.1) is 6.07 Å². The molecule has 0 spiro atoms. The maximum absolute atomic E-state index is 13.5. The van der Waals surface area contributed by atoms with Crippen molar-refractivity contribution in [2.75, 3.05) is 13.1 Å². The van der Waals surface area contributed by atoms with Crippen molar-refractivity contribution in [3.63, 3.8) is 0 Å². The van der Waals surface area contributed by atoms with E-state index in [9.17, 15) is 12.8 Å². The van der Waals surface area contributed by atoms with Gasteiger partial charge in [0.15, 0.2) is 0 Å². The van der Waals surface area contributed by atoms with Gasteiger partial charge in [-0.1, -0.05) is 12.1 Å². The third-order valence-corrected chi connectivity index (χ3v) is 5.02. The minimum Gasteiger partial charge on any atom is -0.207 e. The van der Waals surface area contributed by atoms with E-state index in [2.05, 4.69) is 6.07 Å². The molecule has 0 bridgehead atoms. The fourth-order valence-electron chi connectivity index (χ4n) is 2.02. The summed E-state index contributed by atoms with van der Waals surface area (Å²) in [7, 11) is -3.78. The molecule has 4 nitrogen and oxygen atoms in total. The Morgan fingerprint density at radius 2 is 1.89 bits per heavy atom. The highest BCUT2D eigenvalue weighted by molar-refractivity contribution is 7.89. The van der Waals surface area contributed by atoms with Crippen molar-refractivity contribution in [1.82, 2.24) is 4.31 Å². The summed E-state index contributed by atoms with van der Waals surface area (Å²) in [5.74, 6) is -0.836. The third kappa shape index (κ3) is 2.37. The minimum atomic E-state index is -3.78. The molecule has 18 heavy (non-hydrogen) atoms. The van der Waals surface area contributed by atoms with Gasteiger partial charge in [0.1, 0.15) is 10.7 Å². The summed E-state index contributed by atoms with van der Waals surface area (Å²) in [5, 5.41) is 8.76. The van der Waals surface area contributed by atoms with Gasteiger partial charge in [-0.15, -0.1) is 0 Å². The summed E-state index contributed by atoms with van der Waals surface area (Å²) in [6.07, 6.45) is 1.01. The first kappa shape index (κ1) is 13.0. The molecule has 2 rings (SSSR count). The smallest absolute Gasteiger partial charge is 0.207 e. The van der Waals surface area contributed by atoms with Gasteiger partial charge in [-0.3, -0.25) is 0 Å². The number of halogens is 1. The van der Waals surface area contributed by atoms with Crippen LogP contribution in [0.25, 0.3) is 0 Å². The average molecular weight is 268 g/mol. The fourth-order valence-corrected chi connectivity index (χ4v) is 3.55. The molecule has 0 saturated carbocycles. The van der Waals surface area contributed by atoms with Gasteiger partial charge in [0, 0.05) is 19.0 Å². The molecule has 0 unspecified atom stereocenters. The Hall–Kier alpha value is -1.45. The van der Waals surface area contributed by atoms with Crippen molar-refractivity contribution >= 4 is 10.0 Å². The first-order valence-electron chi connectivity index (χ1n) is 5.70. The molecule has 1 saturated heterocycles. The van der Waals surface area contributed by atoms with Crippen molar-refractivity contribution in [2.45, 2.75) is 17.7 Å². The zero-order valence-electron chi connectivity index (χ0n) is 9.71. The Balaban J connectivity index is 2.24. The standard InChI is InChI=1S/C12H13FN2O2S/c13-11-3-1-2-4-12(11)18(16,17)15-7-5-10(9-14)6-8-15/h1-4,10H,5-8H2. The summed E-state index contributed by atoms with van der Waals surface area (Å²) < 4.78 is 39.2. The highest BCUT2D eigenvalue weighted by atomic mass is 32.2. The van der Waals surface area contributed by atoms with E-state index in [1.54, 1.807) is 0 Å². The molecule has 1 aromatic carbocycles. The lowest BCUT2D eigenvalue weighted by atomic mass is 10.0. The van der Waals surface area contributed by atoms with E-state index in [-0.39, 0.29) is 23.9 Å². The molecule has 0 radical (unpaired) electrons. The molecule has 96 valence electrons. The van der Waals surface area contributed by atoms with Crippen LogP contribution in [0.3, 0.4) is 0 Å². The first-order chi connectivity index (χ1) is 8.55. The van der Waals surface area contributed by atoms with Crippen LogP contribution >= 0.6 is 0 Å². The van der Waals surface area contributed by atoms with E-state index in [1.165, 1.54) is 22.5 Å². The number of hydrogen-bond acceptors (Lipinski definition) is 3. The first-order valence-corrected chi connectivity index (χ1v) is 7.14. The zero-order valence-corrected chi connectivity index (χ0v) is 10.5. The molecule has 1 aromatic rings. The maximum Gasteiger partial charge on any atom is 0.245 e. The van der Waals surface area contributed by atoms with Crippen molar-refractivity contribution in [3.8, 4) is 6.07 Å². The van der Waals surface area contributed by atoms with Gasteiger partial charge in [-0.05, 0) is 25.0 Å². The molecule has 0 aromatic heterocycles. The second kappa shape index (κ2) is 5.04. The van der Waals surface area contributed by atoms with Crippen LogP contribution in [0, 0.1) is 23.1 Å². The predicted octanol–water partition coefficient (Wildman–Crippen LogP) is 1.75. The second-order valence-corrected chi connectivity index (χ2v) is 6.14. The summed E-state index contributed by atoms with van der Waals surface area (Å²) in [5.41, 5.74) is 0. The highest BCUT2D eigenvalue weighted by Gasteiger charge is 2.30. The van der Waals surface area contributed by atoms with Crippen molar-refractivity contribution in [1.29, 1.82) is 5.26 Å². The van der Waals surface area contributed by atoms with Crippen LogP contribution in [-0.4, -0.2) is 25.8 Å². The quantitative estimate of drug-likeness (QED) is 0.821. The number of nitrogens with zero attached hydrogens (tertiary/aromatic N) is 2. The van der Waals surface area contributed by atoms with E-state index >= 15 is 0 Å². The molecule has 1 aliphatic heterocycles. The van der Waals surface area contributed by atoms with Crippen molar-refractivity contribution < 1.29 is 12.8 Å². The minimum absolute atomic E-state index is 0.0999. The number of sulfonamides is 1. The van der Waals surface area contributed by atoms with E-state index in [0.29, 0.717) is 12.8 Å². The largest absolute Gasteiger partial charge is 0.245 e. The zero-order chi connectivity index (χ0) is 13.2. The van der Waals surface area contributed by atoms with Crippen LogP contribution in [0.4, 0.5) is 4.39 Å². The van der Waals surface area contributed by atoms with Crippen LogP contribution in [0.1, 0.15) is 12.8 Å². The Kier molecular flexibility index (Phi) is 3.64. The molecular weight excluding hydrogens is 255 g/mol. The third-order valence-electron chi connectivity index (χ3n) is 3.09. The summed E-state index contributed by atoms with van der Waals surface area (Å²) in [6, 6.07) is 7.48. The topological polar surface area (TPSA) is 61.2 Å². The van der Waals surface area contributed by atoms with Crippen LogP contribution < -0.4 is 0 Å². The Labute approximate surface area is 106 Å². The Morgan fingerprint density at radius 3 is 2.44 bits per heavy atom. The normalized spacial score (nSPS) is 18.4. The molecular formula is C12H13FN2O2S. The van der Waals surface area contributed by atoms with Crippen molar-refractivity contribution in [3.05, 3.63) is 30.1 Å². The van der Waals surface area contributed by atoms with Gasteiger partial charge in [0.2, 0.25) is 10.0 Å². The second-order valence-electron chi connectivity index (χ2n) is 4.24. The van der Waals surface area contributed by atoms with Gasteiger partial charge < -0.3 is 0 Å². The SMILES string of the molecule is N#CC1CCN(S(=O)(=O)c2ccccc2F)CC1. The van der Waals surface area contributed by atoms with Crippen LogP contribution in [-0.2, 0) is 10.0 Å². The lowest BCUT2D eigenvalue weighted by Gasteiger charge is -2.28. The summed E-state index contributed by atoms with van der Waals surface area (Å²) in [4.78, 5) is -0.291. The van der Waals surface area contributed by atoms with Gasteiger partial charge in [-0.25, -0.2) is 12.8 Å². The molecule has 1 heterocycles. The number of rotatable bonds is 2. The molecule has 0 amide bonds. The van der Waals surface area contributed by atoms with Crippen LogP contribution in [0.2, 0.25) is 0 Å². The van der Waals surface area contributed by atoms with E-state index in [4.69, 9.17) is 5.26 Å². The van der Waals surface area contributed by atoms with E-state index < -0.39 is 15.8 Å². The number of nitriles is 1. The van der Waals surface area contributed by atoms with E-state index in [0.717, 1.165) is 6.07 Å². The molecule has 6 heteroatoms.